The first-order valence-corrected chi connectivity index (χ1v) is 7.37. The van der Waals surface area contributed by atoms with Crippen molar-refractivity contribution in [3.05, 3.63) is 17.8 Å². The number of nitrogens with two attached hydrogens (primary N) is 1. The van der Waals surface area contributed by atoms with Crippen LogP contribution in [0.3, 0.4) is 0 Å². The first kappa shape index (κ1) is 14.6. The van der Waals surface area contributed by atoms with Crippen LogP contribution in [0.15, 0.2) is 10.6 Å². The summed E-state index contributed by atoms with van der Waals surface area (Å²) in [5.74, 6) is 2.94. The molecule has 0 aliphatic carbocycles. The van der Waals surface area contributed by atoms with Crippen LogP contribution in [0.25, 0.3) is 0 Å². The monoisotopic (exact) mass is 304 g/mol. The van der Waals surface area contributed by atoms with Crippen LogP contribution < -0.4 is 15.4 Å². The van der Waals surface area contributed by atoms with E-state index in [1.54, 1.807) is 13.2 Å². The maximum absolute atomic E-state index is 5.75. The molecule has 0 unspecified atom stereocenters. The van der Waals surface area contributed by atoms with E-state index in [1.165, 1.54) is 0 Å². The van der Waals surface area contributed by atoms with Gasteiger partial charge in [-0.25, -0.2) is 0 Å². The smallest absolute Gasteiger partial charge is 0.249 e. The van der Waals surface area contributed by atoms with Crippen LogP contribution in [-0.4, -0.2) is 33.8 Å². The molecule has 1 aliphatic rings. The number of methoxy groups -OCH3 is 1. The number of aromatic nitrogens is 4. The summed E-state index contributed by atoms with van der Waals surface area (Å²) in [6.07, 6.45) is 1.96. The van der Waals surface area contributed by atoms with Crippen molar-refractivity contribution in [2.75, 3.05) is 24.3 Å². The molecule has 0 radical (unpaired) electrons. The van der Waals surface area contributed by atoms with E-state index in [0.29, 0.717) is 11.8 Å². The summed E-state index contributed by atoms with van der Waals surface area (Å²) in [6, 6.07) is 1.79. The highest BCUT2D eigenvalue weighted by molar-refractivity contribution is 5.47. The third-order valence-corrected chi connectivity index (χ3v) is 3.72. The number of rotatable bonds is 4. The van der Waals surface area contributed by atoms with Crippen LogP contribution in [0.5, 0.6) is 5.88 Å². The first-order valence-electron chi connectivity index (χ1n) is 7.37. The fourth-order valence-electron chi connectivity index (χ4n) is 2.60. The Morgan fingerprint density at radius 2 is 2.18 bits per heavy atom. The van der Waals surface area contributed by atoms with Gasteiger partial charge in [-0.05, 0) is 12.8 Å². The van der Waals surface area contributed by atoms with E-state index < -0.39 is 0 Å². The Morgan fingerprint density at radius 1 is 1.36 bits per heavy atom. The second-order valence-corrected chi connectivity index (χ2v) is 5.62. The average molecular weight is 304 g/mol. The zero-order valence-electron chi connectivity index (χ0n) is 13.0. The molecule has 0 aromatic carbocycles. The highest BCUT2D eigenvalue weighted by Crippen LogP contribution is 2.35. The van der Waals surface area contributed by atoms with Gasteiger partial charge >= 0.3 is 0 Å². The predicted molar refractivity (Wildman–Crippen MR) is 80.7 cm³/mol. The molecule has 22 heavy (non-hydrogen) atoms. The molecule has 1 saturated heterocycles. The summed E-state index contributed by atoms with van der Waals surface area (Å²) in [5.41, 5.74) is 5.75. The standard InChI is InChI=1S/C14H20N6O2/c1-8(2)12-18-13(22-19-12)9-5-4-6-20(9)10-7-11(21-3)17-14(15)16-10/h7-9H,4-6H2,1-3H3,(H2,15,16,17)/t9-/m0/s1. The maximum atomic E-state index is 5.75. The van der Waals surface area contributed by atoms with Crippen LogP contribution in [0.1, 0.15) is 50.4 Å². The number of hydrogen-bond donors (Lipinski definition) is 1. The predicted octanol–water partition coefficient (Wildman–Crippen LogP) is 1.92. The Bertz CT molecular complexity index is 657. The molecule has 0 amide bonds. The summed E-state index contributed by atoms with van der Waals surface area (Å²) in [7, 11) is 1.56. The molecular weight excluding hydrogens is 284 g/mol. The van der Waals surface area contributed by atoms with Crippen LogP contribution in [0.4, 0.5) is 11.8 Å². The molecule has 3 heterocycles. The third kappa shape index (κ3) is 2.68. The molecule has 0 saturated carbocycles. The molecule has 2 aromatic rings. The van der Waals surface area contributed by atoms with Crippen LogP contribution >= 0.6 is 0 Å². The lowest BCUT2D eigenvalue weighted by molar-refractivity contribution is 0.349. The summed E-state index contributed by atoms with van der Waals surface area (Å²) < 4.78 is 10.6. The van der Waals surface area contributed by atoms with Crippen molar-refractivity contribution in [2.45, 2.75) is 38.6 Å². The molecule has 1 atom stereocenters. The van der Waals surface area contributed by atoms with Gasteiger partial charge in [0.05, 0.1) is 7.11 Å². The molecule has 0 bridgehead atoms. The molecular formula is C14H20N6O2. The lowest BCUT2D eigenvalue weighted by Gasteiger charge is -2.23. The Balaban J connectivity index is 1.91. The van der Waals surface area contributed by atoms with Crippen LogP contribution in [-0.2, 0) is 0 Å². The quantitative estimate of drug-likeness (QED) is 0.913. The second-order valence-electron chi connectivity index (χ2n) is 5.62. The van der Waals surface area contributed by atoms with Crippen molar-refractivity contribution in [2.24, 2.45) is 0 Å². The SMILES string of the molecule is COc1cc(N2CCC[C@H]2c2nc(C(C)C)no2)nc(N)n1. The van der Waals surface area contributed by atoms with E-state index in [2.05, 4.69) is 25.0 Å². The minimum Gasteiger partial charge on any atom is -0.481 e. The van der Waals surface area contributed by atoms with E-state index in [-0.39, 0.29) is 17.9 Å². The highest BCUT2D eigenvalue weighted by Gasteiger charge is 2.32. The lowest BCUT2D eigenvalue weighted by Crippen LogP contribution is -2.24. The number of nitrogens with zero attached hydrogens (tertiary/aromatic N) is 5. The average Bonchev–Trinajstić information content (AvgIpc) is 3.15. The van der Waals surface area contributed by atoms with Gasteiger partial charge in [0.25, 0.3) is 0 Å². The third-order valence-electron chi connectivity index (χ3n) is 3.72. The minimum atomic E-state index is 0.0130. The Morgan fingerprint density at radius 3 is 2.86 bits per heavy atom. The Labute approximate surface area is 128 Å². The summed E-state index contributed by atoms with van der Waals surface area (Å²) >= 11 is 0. The van der Waals surface area contributed by atoms with E-state index in [4.69, 9.17) is 15.0 Å². The summed E-state index contributed by atoms with van der Waals surface area (Å²) in [6.45, 7) is 4.93. The highest BCUT2D eigenvalue weighted by atomic mass is 16.5. The van der Waals surface area contributed by atoms with Gasteiger partial charge < -0.3 is 19.9 Å². The summed E-state index contributed by atoms with van der Waals surface area (Å²) in [4.78, 5) is 14.9. The van der Waals surface area contributed by atoms with Gasteiger partial charge in [-0.1, -0.05) is 19.0 Å². The van der Waals surface area contributed by atoms with E-state index in [9.17, 15) is 0 Å². The number of nitrogen functional groups attached to an aromatic ring is 1. The molecule has 118 valence electrons. The summed E-state index contributed by atoms with van der Waals surface area (Å²) in [5, 5.41) is 4.04. The fourth-order valence-corrected chi connectivity index (χ4v) is 2.60. The van der Waals surface area contributed by atoms with E-state index in [1.807, 2.05) is 13.8 Å². The van der Waals surface area contributed by atoms with Gasteiger partial charge in [-0.3, -0.25) is 0 Å². The molecule has 0 spiro atoms. The first-order chi connectivity index (χ1) is 10.6. The van der Waals surface area contributed by atoms with Crippen molar-refractivity contribution in [3.63, 3.8) is 0 Å². The van der Waals surface area contributed by atoms with Crippen molar-refractivity contribution in [1.29, 1.82) is 0 Å². The van der Waals surface area contributed by atoms with Crippen molar-refractivity contribution < 1.29 is 9.26 Å². The lowest BCUT2D eigenvalue weighted by atomic mass is 10.2. The van der Waals surface area contributed by atoms with Gasteiger partial charge in [0.1, 0.15) is 11.9 Å². The minimum absolute atomic E-state index is 0.0130. The van der Waals surface area contributed by atoms with Gasteiger partial charge in [0, 0.05) is 18.5 Å². The van der Waals surface area contributed by atoms with Gasteiger partial charge in [0.15, 0.2) is 5.82 Å². The van der Waals surface area contributed by atoms with E-state index >= 15 is 0 Å². The molecule has 3 rings (SSSR count). The van der Waals surface area contributed by atoms with Gasteiger partial charge in [0.2, 0.25) is 17.7 Å². The van der Waals surface area contributed by atoms with Crippen LogP contribution in [0, 0.1) is 0 Å². The molecule has 2 N–H and O–H groups in total. The van der Waals surface area contributed by atoms with Crippen molar-refractivity contribution in [1.82, 2.24) is 20.1 Å². The Hall–Kier alpha value is -2.38. The Kier molecular flexibility index (Phi) is 3.82. The van der Waals surface area contributed by atoms with Crippen LogP contribution in [0.2, 0.25) is 0 Å². The normalized spacial score (nSPS) is 18.2. The fraction of sp³-hybridized carbons (Fsp3) is 0.571. The molecule has 1 fully saturated rings. The topological polar surface area (TPSA) is 103 Å². The van der Waals surface area contributed by atoms with Crippen molar-refractivity contribution in [3.8, 4) is 5.88 Å². The number of ether oxygens (including phenoxy) is 1. The maximum Gasteiger partial charge on any atom is 0.249 e. The number of hydrogen-bond acceptors (Lipinski definition) is 8. The van der Waals surface area contributed by atoms with E-state index in [0.717, 1.165) is 31.0 Å². The zero-order valence-corrected chi connectivity index (χ0v) is 13.0. The largest absolute Gasteiger partial charge is 0.481 e. The van der Waals surface area contributed by atoms with Gasteiger partial charge in [-0.2, -0.15) is 15.0 Å². The van der Waals surface area contributed by atoms with Crippen molar-refractivity contribution >= 4 is 11.8 Å². The zero-order chi connectivity index (χ0) is 15.7. The molecule has 1 aliphatic heterocycles. The number of anilines is 2. The second kappa shape index (κ2) is 5.78. The molecule has 8 nitrogen and oxygen atoms in total. The van der Waals surface area contributed by atoms with Gasteiger partial charge in [-0.15, -0.1) is 0 Å². The molecule has 2 aromatic heterocycles. The molecule has 8 heteroatoms.